The Morgan fingerprint density at radius 3 is 2.60 bits per heavy atom. The molecule has 0 saturated heterocycles. The zero-order valence-corrected chi connectivity index (χ0v) is 10.3. The summed E-state index contributed by atoms with van der Waals surface area (Å²) in [5.41, 5.74) is 6.89. The zero-order chi connectivity index (χ0) is 11.5. The number of ether oxygens (including phenoxy) is 1. The summed E-state index contributed by atoms with van der Waals surface area (Å²) in [5.74, 6) is 0.737. The van der Waals surface area contributed by atoms with Gasteiger partial charge in [0.2, 0.25) is 0 Å². The smallest absolute Gasteiger partial charge is 0.138 e. The molecule has 15 heavy (non-hydrogen) atoms. The molecule has 0 radical (unpaired) electrons. The highest BCUT2D eigenvalue weighted by molar-refractivity contribution is 6.32. The summed E-state index contributed by atoms with van der Waals surface area (Å²) in [5, 5.41) is 0.649. The Morgan fingerprint density at radius 2 is 2.07 bits per heavy atom. The molecule has 1 aromatic rings. The molecule has 2 N–H and O–H groups in total. The first kappa shape index (κ1) is 12.3. The van der Waals surface area contributed by atoms with Crippen LogP contribution in [0.5, 0.6) is 5.75 Å². The Labute approximate surface area is 96.4 Å². The number of benzene rings is 1. The van der Waals surface area contributed by atoms with Crippen LogP contribution in [-0.4, -0.2) is 12.1 Å². The predicted molar refractivity (Wildman–Crippen MR) is 64.6 cm³/mol. The van der Waals surface area contributed by atoms with Gasteiger partial charge in [-0.1, -0.05) is 17.7 Å². The monoisotopic (exact) mass is 227 g/mol. The molecule has 0 heterocycles. The second kappa shape index (κ2) is 4.86. The van der Waals surface area contributed by atoms with Crippen molar-refractivity contribution >= 4 is 11.6 Å². The first-order valence-corrected chi connectivity index (χ1v) is 5.50. The Bertz CT molecular complexity index is 331. The number of halogens is 1. The van der Waals surface area contributed by atoms with Gasteiger partial charge in [-0.25, -0.2) is 0 Å². The highest BCUT2D eigenvalue weighted by atomic mass is 35.5. The summed E-state index contributed by atoms with van der Waals surface area (Å²) < 4.78 is 5.42. The van der Waals surface area contributed by atoms with Crippen LogP contribution in [0.2, 0.25) is 5.02 Å². The maximum absolute atomic E-state index is 5.99. The topological polar surface area (TPSA) is 35.2 Å². The largest absolute Gasteiger partial charge is 0.492 e. The molecule has 0 amide bonds. The summed E-state index contributed by atoms with van der Waals surface area (Å²) in [6.07, 6.45) is 0.810. The van der Waals surface area contributed by atoms with E-state index in [1.54, 1.807) is 0 Å². The maximum Gasteiger partial charge on any atom is 0.138 e. The molecular weight excluding hydrogens is 210 g/mol. The van der Waals surface area contributed by atoms with Crippen LogP contribution in [0.3, 0.4) is 0 Å². The van der Waals surface area contributed by atoms with Gasteiger partial charge in [-0.2, -0.15) is 0 Å². The second-order valence-corrected chi connectivity index (χ2v) is 4.77. The van der Waals surface area contributed by atoms with Gasteiger partial charge in [-0.3, -0.25) is 0 Å². The van der Waals surface area contributed by atoms with E-state index in [1.165, 1.54) is 0 Å². The van der Waals surface area contributed by atoms with Gasteiger partial charge in [0.15, 0.2) is 0 Å². The summed E-state index contributed by atoms with van der Waals surface area (Å²) in [4.78, 5) is 0. The standard InChI is InChI=1S/C12H18ClNO/c1-4-15-11-7-9(5-6-10(11)13)8-12(2,3)14/h5-7H,4,8,14H2,1-3H3. The number of rotatable bonds is 4. The molecule has 0 fully saturated rings. The molecule has 0 saturated carbocycles. The van der Waals surface area contributed by atoms with E-state index in [9.17, 15) is 0 Å². The first-order chi connectivity index (χ1) is 6.92. The third kappa shape index (κ3) is 4.10. The summed E-state index contributed by atoms with van der Waals surface area (Å²) in [6.45, 7) is 6.56. The minimum atomic E-state index is -0.211. The van der Waals surface area contributed by atoms with Crippen LogP contribution in [0.4, 0.5) is 0 Å². The van der Waals surface area contributed by atoms with Crippen LogP contribution >= 0.6 is 11.6 Å². The van der Waals surface area contributed by atoms with Crippen molar-refractivity contribution in [2.45, 2.75) is 32.7 Å². The lowest BCUT2D eigenvalue weighted by atomic mass is 9.96. The molecule has 0 spiro atoms. The van der Waals surface area contributed by atoms with Crippen molar-refractivity contribution in [3.8, 4) is 5.75 Å². The summed E-state index contributed by atoms with van der Waals surface area (Å²) in [7, 11) is 0. The van der Waals surface area contributed by atoms with Gasteiger partial charge in [-0.15, -0.1) is 0 Å². The molecule has 2 nitrogen and oxygen atoms in total. The summed E-state index contributed by atoms with van der Waals surface area (Å²) >= 11 is 5.99. The zero-order valence-electron chi connectivity index (χ0n) is 9.51. The van der Waals surface area contributed by atoms with E-state index in [0.717, 1.165) is 17.7 Å². The molecule has 0 bridgehead atoms. The fraction of sp³-hybridized carbons (Fsp3) is 0.500. The minimum absolute atomic E-state index is 0.211. The lowest BCUT2D eigenvalue weighted by molar-refractivity contribution is 0.340. The summed E-state index contributed by atoms with van der Waals surface area (Å²) in [6, 6.07) is 5.80. The molecular formula is C12H18ClNO. The first-order valence-electron chi connectivity index (χ1n) is 5.12. The van der Waals surface area contributed by atoms with Gasteiger partial charge in [0.05, 0.1) is 11.6 Å². The molecule has 1 aromatic carbocycles. The van der Waals surface area contributed by atoms with Crippen molar-refractivity contribution in [2.24, 2.45) is 5.73 Å². The van der Waals surface area contributed by atoms with E-state index >= 15 is 0 Å². The highest BCUT2D eigenvalue weighted by Crippen LogP contribution is 2.26. The van der Waals surface area contributed by atoms with Crippen LogP contribution in [0.25, 0.3) is 0 Å². The number of hydrogen-bond acceptors (Lipinski definition) is 2. The lowest BCUT2D eigenvalue weighted by Gasteiger charge is -2.19. The van der Waals surface area contributed by atoms with Crippen molar-refractivity contribution < 1.29 is 4.74 Å². The van der Waals surface area contributed by atoms with E-state index in [0.29, 0.717) is 11.6 Å². The van der Waals surface area contributed by atoms with E-state index < -0.39 is 0 Å². The molecule has 0 atom stereocenters. The third-order valence-electron chi connectivity index (χ3n) is 1.96. The normalized spacial score (nSPS) is 11.5. The van der Waals surface area contributed by atoms with Gasteiger partial charge in [0.25, 0.3) is 0 Å². The molecule has 0 aliphatic rings. The van der Waals surface area contributed by atoms with Crippen molar-refractivity contribution in [3.05, 3.63) is 28.8 Å². The molecule has 0 aromatic heterocycles. The van der Waals surface area contributed by atoms with Crippen molar-refractivity contribution in [3.63, 3.8) is 0 Å². The van der Waals surface area contributed by atoms with Gasteiger partial charge in [0.1, 0.15) is 5.75 Å². The van der Waals surface area contributed by atoms with Gasteiger partial charge < -0.3 is 10.5 Å². The minimum Gasteiger partial charge on any atom is -0.492 e. The predicted octanol–water partition coefficient (Wildman–Crippen LogP) is 3.02. The van der Waals surface area contributed by atoms with Crippen molar-refractivity contribution in [1.82, 2.24) is 0 Å². The van der Waals surface area contributed by atoms with E-state index in [2.05, 4.69) is 0 Å². The number of hydrogen-bond donors (Lipinski definition) is 1. The average Bonchev–Trinajstić information content (AvgIpc) is 2.09. The highest BCUT2D eigenvalue weighted by Gasteiger charge is 2.12. The van der Waals surface area contributed by atoms with Crippen molar-refractivity contribution in [1.29, 1.82) is 0 Å². The van der Waals surface area contributed by atoms with E-state index in [4.69, 9.17) is 22.1 Å². The average molecular weight is 228 g/mol. The van der Waals surface area contributed by atoms with Crippen molar-refractivity contribution in [2.75, 3.05) is 6.61 Å². The van der Waals surface area contributed by atoms with E-state index in [1.807, 2.05) is 39.0 Å². The SMILES string of the molecule is CCOc1cc(CC(C)(C)N)ccc1Cl. The molecule has 0 unspecified atom stereocenters. The number of nitrogens with two attached hydrogens (primary N) is 1. The Morgan fingerprint density at radius 1 is 1.40 bits per heavy atom. The van der Waals surface area contributed by atoms with Crippen LogP contribution < -0.4 is 10.5 Å². The Balaban J connectivity index is 2.87. The molecule has 1 rings (SSSR count). The third-order valence-corrected chi connectivity index (χ3v) is 2.27. The second-order valence-electron chi connectivity index (χ2n) is 4.36. The van der Waals surface area contributed by atoms with Gasteiger partial charge >= 0.3 is 0 Å². The van der Waals surface area contributed by atoms with Crippen LogP contribution in [0, 0.1) is 0 Å². The quantitative estimate of drug-likeness (QED) is 0.858. The van der Waals surface area contributed by atoms with Crippen LogP contribution in [0.1, 0.15) is 26.3 Å². The Kier molecular flexibility index (Phi) is 4.00. The molecule has 0 aliphatic heterocycles. The van der Waals surface area contributed by atoms with E-state index in [-0.39, 0.29) is 5.54 Å². The molecule has 0 aliphatic carbocycles. The fourth-order valence-electron chi connectivity index (χ4n) is 1.45. The molecule has 84 valence electrons. The maximum atomic E-state index is 5.99. The lowest BCUT2D eigenvalue weighted by Crippen LogP contribution is -2.34. The fourth-order valence-corrected chi connectivity index (χ4v) is 1.62. The van der Waals surface area contributed by atoms with Gasteiger partial charge in [0, 0.05) is 5.54 Å². The van der Waals surface area contributed by atoms with Crippen LogP contribution in [0.15, 0.2) is 18.2 Å². The molecule has 3 heteroatoms. The van der Waals surface area contributed by atoms with Crippen LogP contribution in [-0.2, 0) is 6.42 Å². The van der Waals surface area contributed by atoms with Gasteiger partial charge in [-0.05, 0) is 44.9 Å². The Hall–Kier alpha value is -0.730.